The van der Waals surface area contributed by atoms with E-state index in [4.69, 9.17) is 21.4 Å². The normalized spacial score (nSPS) is 11.5. The highest BCUT2D eigenvalue weighted by atomic mass is 35.5. The Labute approximate surface area is 151 Å². The molecule has 0 atom stereocenters. The molecular formula is C17H18ClNO5S. The summed E-state index contributed by atoms with van der Waals surface area (Å²) in [6.45, 7) is -0.163. The van der Waals surface area contributed by atoms with Crippen LogP contribution in [0.3, 0.4) is 0 Å². The molecule has 0 aliphatic rings. The lowest BCUT2D eigenvalue weighted by Gasteiger charge is -2.17. The molecule has 6 nitrogen and oxygen atoms in total. The summed E-state index contributed by atoms with van der Waals surface area (Å²) in [5, 5.41) is 8.99. The maximum atomic E-state index is 12.5. The zero-order chi connectivity index (χ0) is 18.4. The minimum atomic E-state index is -3.62. The zero-order valence-corrected chi connectivity index (χ0v) is 15.1. The molecule has 25 heavy (non-hydrogen) atoms. The van der Waals surface area contributed by atoms with E-state index in [2.05, 4.69) is 0 Å². The minimum Gasteiger partial charge on any atom is -0.482 e. The molecule has 0 unspecified atom stereocenters. The van der Waals surface area contributed by atoms with Gasteiger partial charge in [-0.25, -0.2) is 17.5 Å². The SMILES string of the molecule is CN(CCc1cccc(OCC(=O)O)c1)S(=O)(=O)c1cccc(Cl)c1. The van der Waals surface area contributed by atoms with Crippen molar-refractivity contribution >= 4 is 27.6 Å². The van der Waals surface area contributed by atoms with E-state index < -0.39 is 22.6 Å². The fourth-order valence-electron chi connectivity index (χ4n) is 2.15. The number of hydrogen-bond acceptors (Lipinski definition) is 4. The predicted octanol–water partition coefficient (Wildman–Crippen LogP) is 2.67. The summed E-state index contributed by atoms with van der Waals surface area (Å²) in [7, 11) is -2.12. The van der Waals surface area contributed by atoms with Crippen molar-refractivity contribution in [1.82, 2.24) is 4.31 Å². The van der Waals surface area contributed by atoms with Crippen molar-refractivity contribution in [2.24, 2.45) is 0 Å². The number of likely N-dealkylation sites (N-methyl/N-ethyl adjacent to an activating group) is 1. The topological polar surface area (TPSA) is 83.9 Å². The van der Waals surface area contributed by atoms with Crippen molar-refractivity contribution in [2.75, 3.05) is 20.2 Å². The highest BCUT2D eigenvalue weighted by Crippen LogP contribution is 2.19. The Morgan fingerprint density at radius 1 is 1.20 bits per heavy atom. The molecule has 0 aliphatic heterocycles. The van der Waals surface area contributed by atoms with Crippen LogP contribution >= 0.6 is 11.6 Å². The third kappa shape index (κ3) is 5.45. The van der Waals surface area contributed by atoms with E-state index in [-0.39, 0.29) is 11.4 Å². The first-order valence-corrected chi connectivity index (χ1v) is 9.26. The molecule has 134 valence electrons. The first kappa shape index (κ1) is 19.2. The van der Waals surface area contributed by atoms with Gasteiger partial charge in [-0.3, -0.25) is 0 Å². The van der Waals surface area contributed by atoms with Crippen molar-refractivity contribution in [2.45, 2.75) is 11.3 Å². The monoisotopic (exact) mass is 383 g/mol. The van der Waals surface area contributed by atoms with Crippen molar-refractivity contribution in [3.63, 3.8) is 0 Å². The van der Waals surface area contributed by atoms with E-state index in [0.29, 0.717) is 17.2 Å². The third-order valence-corrected chi connectivity index (χ3v) is 5.57. The number of benzene rings is 2. The molecule has 0 aliphatic carbocycles. The molecule has 0 saturated heterocycles. The van der Waals surface area contributed by atoms with Crippen LogP contribution in [0.2, 0.25) is 5.02 Å². The van der Waals surface area contributed by atoms with Crippen LogP contribution in [0.5, 0.6) is 5.75 Å². The Morgan fingerprint density at radius 2 is 1.92 bits per heavy atom. The van der Waals surface area contributed by atoms with Gasteiger partial charge in [-0.05, 0) is 42.3 Å². The second-order valence-corrected chi connectivity index (χ2v) is 7.85. The summed E-state index contributed by atoms with van der Waals surface area (Å²) in [5.74, 6) is -0.627. The van der Waals surface area contributed by atoms with Crippen LogP contribution in [0.25, 0.3) is 0 Å². The molecule has 2 aromatic carbocycles. The van der Waals surface area contributed by atoms with Crippen molar-refractivity contribution in [1.29, 1.82) is 0 Å². The average molecular weight is 384 g/mol. The molecule has 1 N–H and O–H groups in total. The number of aliphatic carboxylic acids is 1. The Morgan fingerprint density at radius 3 is 2.60 bits per heavy atom. The number of halogens is 1. The van der Waals surface area contributed by atoms with Gasteiger partial charge in [0, 0.05) is 18.6 Å². The zero-order valence-electron chi connectivity index (χ0n) is 13.6. The Kier molecular flexibility index (Phi) is 6.41. The Hall–Kier alpha value is -2.09. The van der Waals surface area contributed by atoms with Gasteiger partial charge < -0.3 is 9.84 Å². The average Bonchev–Trinajstić information content (AvgIpc) is 2.58. The number of hydrogen-bond donors (Lipinski definition) is 1. The molecule has 0 amide bonds. The molecule has 0 heterocycles. The highest BCUT2D eigenvalue weighted by Gasteiger charge is 2.20. The molecule has 8 heteroatoms. The maximum absolute atomic E-state index is 12.5. The molecule has 0 fully saturated rings. The van der Waals surface area contributed by atoms with Crippen molar-refractivity contribution in [3.05, 3.63) is 59.1 Å². The lowest BCUT2D eigenvalue weighted by Crippen LogP contribution is -2.29. The van der Waals surface area contributed by atoms with Gasteiger partial charge in [0.05, 0.1) is 4.90 Å². The number of sulfonamides is 1. The van der Waals surface area contributed by atoms with Crippen LogP contribution in [0.4, 0.5) is 0 Å². The summed E-state index contributed by atoms with van der Waals surface area (Å²) >= 11 is 5.86. The number of rotatable bonds is 8. The van der Waals surface area contributed by atoms with Gasteiger partial charge in [0.2, 0.25) is 10.0 Å². The molecule has 0 radical (unpaired) electrons. The summed E-state index contributed by atoms with van der Waals surface area (Å²) in [6.07, 6.45) is 0.459. The van der Waals surface area contributed by atoms with Crippen LogP contribution < -0.4 is 4.74 Å². The molecule has 0 aromatic heterocycles. The third-order valence-electron chi connectivity index (χ3n) is 3.48. The van der Waals surface area contributed by atoms with Crippen LogP contribution in [0.15, 0.2) is 53.4 Å². The second kappa shape index (κ2) is 8.33. The van der Waals surface area contributed by atoms with Gasteiger partial charge in [-0.1, -0.05) is 29.8 Å². The van der Waals surface area contributed by atoms with Crippen LogP contribution in [-0.4, -0.2) is 44.0 Å². The molecule has 0 spiro atoms. The van der Waals surface area contributed by atoms with Gasteiger partial charge in [0.25, 0.3) is 0 Å². The van der Waals surface area contributed by atoms with Crippen LogP contribution in [-0.2, 0) is 21.2 Å². The van der Waals surface area contributed by atoms with Crippen LogP contribution in [0.1, 0.15) is 5.56 Å². The number of carboxylic acids is 1. The Balaban J connectivity index is 2.03. The number of carboxylic acid groups (broad SMARTS) is 1. The van der Waals surface area contributed by atoms with E-state index in [0.717, 1.165) is 5.56 Å². The summed E-state index contributed by atoms with van der Waals surface area (Å²) < 4.78 is 31.4. The largest absolute Gasteiger partial charge is 0.482 e. The molecule has 0 saturated carbocycles. The smallest absolute Gasteiger partial charge is 0.341 e. The quantitative estimate of drug-likeness (QED) is 0.757. The maximum Gasteiger partial charge on any atom is 0.341 e. The number of carbonyl (C=O) groups is 1. The summed E-state index contributed by atoms with van der Waals surface area (Å²) in [5.41, 5.74) is 0.844. The van der Waals surface area contributed by atoms with E-state index in [9.17, 15) is 13.2 Å². The molecular weight excluding hydrogens is 366 g/mol. The molecule has 0 bridgehead atoms. The van der Waals surface area contributed by atoms with Crippen molar-refractivity contribution in [3.8, 4) is 5.75 Å². The predicted molar refractivity (Wildman–Crippen MR) is 94.5 cm³/mol. The first-order valence-electron chi connectivity index (χ1n) is 7.44. The fraction of sp³-hybridized carbons (Fsp3) is 0.235. The van der Waals surface area contributed by atoms with E-state index in [1.54, 1.807) is 30.3 Å². The standard InChI is InChI=1S/C17H18ClNO5S/c1-19(25(22,23)16-7-3-5-14(18)11-16)9-8-13-4-2-6-15(10-13)24-12-17(20)21/h2-7,10-11H,8-9,12H2,1H3,(H,20,21). The van der Waals surface area contributed by atoms with Gasteiger partial charge in [-0.15, -0.1) is 0 Å². The molecule has 2 aromatic rings. The Bertz CT molecular complexity index is 854. The lowest BCUT2D eigenvalue weighted by atomic mass is 10.1. The van der Waals surface area contributed by atoms with Crippen LogP contribution in [0, 0.1) is 0 Å². The summed E-state index contributed by atoms with van der Waals surface area (Å²) in [4.78, 5) is 10.7. The first-order chi connectivity index (χ1) is 11.8. The van der Waals surface area contributed by atoms with Gasteiger partial charge in [0.1, 0.15) is 5.75 Å². The van der Waals surface area contributed by atoms with Crippen molar-refractivity contribution < 1.29 is 23.1 Å². The van der Waals surface area contributed by atoms with E-state index in [1.807, 2.05) is 6.07 Å². The molecule has 2 rings (SSSR count). The van der Waals surface area contributed by atoms with Gasteiger partial charge in [-0.2, -0.15) is 0 Å². The highest BCUT2D eigenvalue weighted by molar-refractivity contribution is 7.89. The van der Waals surface area contributed by atoms with Gasteiger partial charge >= 0.3 is 5.97 Å². The number of ether oxygens (including phenoxy) is 1. The second-order valence-electron chi connectivity index (χ2n) is 5.36. The van der Waals surface area contributed by atoms with E-state index in [1.165, 1.54) is 23.5 Å². The lowest BCUT2D eigenvalue weighted by molar-refractivity contribution is -0.139. The number of nitrogens with zero attached hydrogens (tertiary/aromatic N) is 1. The fourth-order valence-corrected chi connectivity index (χ4v) is 3.62. The van der Waals surface area contributed by atoms with E-state index >= 15 is 0 Å². The summed E-state index contributed by atoms with van der Waals surface area (Å²) in [6, 6.07) is 13.0. The minimum absolute atomic E-state index is 0.140. The van der Waals surface area contributed by atoms with Gasteiger partial charge in [0.15, 0.2) is 6.61 Å².